The molecular weight excluding hydrogens is 322 g/mol. The van der Waals surface area contributed by atoms with E-state index in [1.54, 1.807) is 6.92 Å². The normalized spacial score (nSPS) is 12.1. The highest BCUT2D eigenvalue weighted by Gasteiger charge is 2.17. The van der Waals surface area contributed by atoms with Crippen LogP contribution >= 0.6 is 11.6 Å². The maximum absolute atomic E-state index is 12.5. The Bertz CT molecular complexity index is 717. The third-order valence-electron chi connectivity index (χ3n) is 3.93. The minimum atomic E-state index is -0.606. The molecule has 2 rings (SSSR count). The van der Waals surface area contributed by atoms with Crippen LogP contribution in [-0.4, -0.2) is 12.0 Å². The van der Waals surface area contributed by atoms with E-state index in [9.17, 15) is 4.79 Å². The molecule has 3 nitrogen and oxygen atoms in total. The molecule has 4 heteroatoms. The van der Waals surface area contributed by atoms with Crippen molar-refractivity contribution in [3.05, 3.63) is 58.1 Å². The van der Waals surface area contributed by atoms with Gasteiger partial charge in [0.1, 0.15) is 5.75 Å². The maximum atomic E-state index is 12.5. The third-order valence-corrected chi connectivity index (χ3v) is 4.53. The lowest BCUT2D eigenvalue weighted by molar-refractivity contribution is -0.122. The minimum Gasteiger partial charge on any atom is -0.481 e. The van der Waals surface area contributed by atoms with E-state index in [4.69, 9.17) is 16.3 Å². The summed E-state index contributed by atoms with van der Waals surface area (Å²) >= 11 is 6.17. The molecule has 0 aliphatic heterocycles. The molecule has 0 spiro atoms. The van der Waals surface area contributed by atoms with Crippen LogP contribution in [0.25, 0.3) is 0 Å². The van der Waals surface area contributed by atoms with Gasteiger partial charge in [-0.3, -0.25) is 4.79 Å². The van der Waals surface area contributed by atoms with Gasteiger partial charge in [0, 0.05) is 10.7 Å². The van der Waals surface area contributed by atoms with E-state index in [1.165, 1.54) is 0 Å². The van der Waals surface area contributed by atoms with E-state index >= 15 is 0 Å². The Labute approximate surface area is 149 Å². The zero-order valence-corrected chi connectivity index (χ0v) is 15.6. The van der Waals surface area contributed by atoms with Crippen LogP contribution in [-0.2, 0) is 4.79 Å². The molecule has 1 N–H and O–H groups in total. The molecule has 1 amide bonds. The zero-order chi connectivity index (χ0) is 17.9. The first-order valence-corrected chi connectivity index (χ1v) is 8.50. The summed E-state index contributed by atoms with van der Waals surface area (Å²) in [6, 6.07) is 11.5. The quantitative estimate of drug-likeness (QED) is 0.778. The van der Waals surface area contributed by atoms with E-state index in [1.807, 2.05) is 50.2 Å². The Morgan fingerprint density at radius 2 is 1.67 bits per heavy atom. The molecule has 0 unspecified atom stereocenters. The molecule has 128 valence electrons. The molecule has 0 fully saturated rings. The molecule has 1 atom stereocenters. The van der Waals surface area contributed by atoms with Gasteiger partial charge in [-0.25, -0.2) is 0 Å². The average Bonchev–Trinajstić information content (AvgIpc) is 2.52. The van der Waals surface area contributed by atoms with Crippen LogP contribution in [0.1, 0.15) is 43.4 Å². The van der Waals surface area contributed by atoms with Crippen LogP contribution in [0.15, 0.2) is 36.4 Å². The van der Waals surface area contributed by atoms with Gasteiger partial charge in [0.05, 0.1) is 0 Å². The van der Waals surface area contributed by atoms with Crippen molar-refractivity contribution in [1.82, 2.24) is 0 Å². The Balaban J connectivity index is 2.11. The van der Waals surface area contributed by atoms with Crippen molar-refractivity contribution in [2.24, 2.45) is 0 Å². The van der Waals surface area contributed by atoms with Gasteiger partial charge in [-0.05, 0) is 61.6 Å². The number of nitrogens with one attached hydrogen (secondary N) is 1. The first-order chi connectivity index (χ1) is 11.3. The van der Waals surface area contributed by atoms with Gasteiger partial charge in [-0.15, -0.1) is 0 Å². The summed E-state index contributed by atoms with van der Waals surface area (Å²) in [6.45, 7) is 9.79. The first-order valence-electron chi connectivity index (χ1n) is 8.12. The van der Waals surface area contributed by atoms with Crippen molar-refractivity contribution in [1.29, 1.82) is 0 Å². The van der Waals surface area contributed by atoms with Gasteiger partial charge < -0.3 is 10.1 Å². The molecule has 0 aromatic heterocycles. The van der Waals surface area contributed by atoms with E-state index in [0.717, 1.165) is 27.4 Å². The fourth-order valence-electron chi connectivity index (χ4n) is 2.58. The fraction of sp³-hybridized carbons (Fsp3) is 0.350. The number of carbonyl (C=O) groups excluding carboxylic acids is 1. The largest absolute Gasteiger partial charge is 0.481 e. The maximum Gasteiger partial charge on any atom is 0.265 e. The minimum absolute atomic E-state index is 0.173. The number of para-hydroxylation sites is 1. The van der Waals surface area contributed by atoms with Crippen LogP contribution < -0.4 is 10.1 Å². The van der Waals surface area contributed by atoms with Crippen molar-refractivity contribution < 1.29 is 9.53 Å². The number of amides is 1. The second-order valence-electron chi connectivity index (χ2n) is 6.36. The number of benzene rings is 2. The molecule has 0 saturated carbocycles. The molecule has 2 aromatic carbocycles. The van der Waals surface area contributed by atoms with Gasteiger partial charge >= 0.3 is 0 Å². The Morgan fingerprint density at radius 1 is 1.08 bits per heavy atom. The molecule has 0 saturated heterocycles. The number of hydrogen-bond acceptors (Lipinski definition) is 2. The number of anilines is 1. The van der Waals surface area contributed by atoms with Gasteiger partial charge in [0.2, 0.25) is 0 Å². The second-order valence-corrected chi connectivity index (χ2v) is 6.74. The lowest BCUT2D eigenvalue weighted by atomic mass is 10.0. The SMILES string of the molecule is Cc1cc(O[C@@H](C)C(=O)Nc2ccccc2C(C)C)cc(C)c1Cl. The van der Waals surface area contributed by atoms with E-state index in [-0.39, 0.29) is 5.91 Å². The number of carbonyl (C=O) groups is 1. The molecule has 0 bridgehead atoms. The average molecular weight is 346 g/mol. The number of halogens is 1. The fourth-order valence-corrected chi connectivity index (χ4v) is 2.69. The van der Waals surface area contributed by atoms with Gasteiger partial charge in [-0.1, -0.05) is 43.6 Å². The Hall–Kier alpha value is -2.00. The van der Waals surface area contributed by atoms with Crippen LogP contribution in [0, 0.1) is 13.8 Å². The highest BCUT2D eigenvalue weighted by Crippen LogP contribution is 2.27. The monoisotopic (exact) mass is 345 g/mol. The van der Waals surface area contributed by atoms with Crippen LogP contribution in [0.2, 0.25) is 5.02 Å². The topological polar surface area (TPSA) is 38.3 Å². The number of rotatable bonds is 5. The highest BCUT2D eigenvalue weighted by atomic mass is 35.5. The van der Waals surface area contributed by atoms with Gasteiger partial charge in [0.15, 0.2) is 6.10 Å². The molecule has 0 radical (unpaired) electrons. The van der Waals surface area contributed by atoms with Gasteiger partial charge in [-0.2, -0.15) is 0 Å². The molecular formula is C20H24ClNO2. The Morgan fingerprint density at radius 3 is 2.25 bits per heavy atom. The van der Waals surface area contributed by atoms with E-state index < -0.39 is 6.10 Å². The van der Waals surface area contributed by atoms with Crippen molar-refractivity contribution >= 4 is 23.2 Å². The molecule has 0 aliphatic carbocycles. The third kappa shape index (κ3) is 4.30. The van der Waals surface area contributed by atoms with E-state index in [0.29, 0.717) is 11.7 Å². The van der Waals surface area contributed by atoms with Gasteiger partial charge in [0.25, 0.3) is 5.91 Å². The summed E-state index contributed by atoms with van der Waals surface area (Å²) in [6.07, 6.45) is -0.606. The number of ether oxygens (including phenoxy) is 1. The molecule has 24 heavy (non-hydrogen) atoms. The second kappa shape index (κ2) is 7.71. The van der Waals surface area contributed by atoms with Crippen molar-refractivity contribution in [2.75, 3.05) is 5.32 Å². The standard InChI is InChI=1S/C20H24ClNO2/c1-12(2)17-8-6-7-9-18(17)22-20(23)15(5)24-16-10-13(3)19(21)14(4)11-16/h6-12,15H,1-5H3,(H,22,23)/t15-/m0/s1. The van der Waals surface area contributed by atoms with Crippen LogP contribution in [0.5, 0.6) is 5.75 Å². The summed E-state index contributed by atoms with van der Waals surface area (Å²) < 4.78 is 5.79. The van der Waals surface area contributed by atoms with Crippen molar-refractivity contribution in [3.8, 4) is 5.75 Å². The van der Waals surface area contributed by atoms with Crippen molar-refractivity contribution in [3.63, 3.8) is 0 Å². The predicted molar refractivity (Wildman–Crippen MR) is 100 cm³/mol. The van der Waals surface area contributed by atoms with Crippen LogP contribution in [0.3, 0.4) is 0 Å². The van der Waals surface area contributed by atoms with Crippen LogP contribution in [0.4, 0.5) is 5.69 Å². The van der Waals surface area contributed by atoms with E-state index in [2.05, 4.69) is 19.2 Å². The summed E-state index contributed by atoms with van der Waals surface area (Å²) in [7, 11) is 0. The summed E-state index contributed by atoms with van der Waals surface area (Å²) in [4.78, 5) is 12.5. The molecule has 2 aromatic rings. The molecule has 0 heterocycles. The summed E-state index contributed by atoms with van der Waals surface area (Å²) in [5.41, 5.74) is 3.81. The predicted octanol–water partition coefficient (Wildman–Crippen LogP) is 5.49. The smallest absolute Gasteiger partial charge is 0.265 e. The lowest BCUT2D eigenvalue weighted by Gasteiger charge is -2.18. The number of hydrogen-bond donors (Lipinski definition) is 1. The zero-order valence-electron chi connectivity index (χ0n) is 14.8. The summed E-state index contributed by atoms with van der Waals surface area (Å²) in [5, 5.41) is 3.69. The lowest BCUT2D eigenvalue weighted by Crippen LogP contribution is -2.30. The Kier molecular flexibility index (Phi) is 5.89. The number of aryl methyl sites for hydroxylation is 2. The highest BCUT2D eigenvalue weighted by molar-refractivity contribution is 6.32. The van der Waals surface area contributed by atoms with Crippen molar-refractivity contribution in [2.45, 2.75) is 46.6 Å². The first kappa shape index (κ1) is 18.3. The molecule has 0 aliphatic rings. The summed E-state index contributed by atoms with van der Waals surface area (Å²) in [5.74, 6) is 0.807.